The molecular weight excluding hydrogens is 272 g/mol. The van der Waals surface area contributed by atoms with Crippen molar-refractivity contribution in [1.29, 1.82) is 0 Å². The summed E-state index contributed by atoms with van der Waals surface area (Å²) in [4.78, 5) is 12.4. The van der Waals surface area contributed by atoms with Crippen molar-refractivity contribution in [2.45, 2.75) is 6.92 Å². The second-order valence-corrected chi connectivity index (χ2v) is 5.14. The van der Waals surface area contributed by atoms with Gasteiger partial charge in [0.2, 0.25) is 0 Å². The van der Waals surface area contributed by atoms with Crippen LogP contribution in [0.2, 0.25) is 0 Å². The minimum atomic E-state index is -0.193. The van der Waals surface area contributed by atoms with Crippen molar-refractivity contribution in [3.8, 4) is 22.5 Å². The van der Waals surface area contributed by atoms with Gasteiger partial charge in [-0.25, -0.2) is 0 Å². The molecule has 2 aromatic carbocycles. The van der Waals surface area contributed by atoms with Crippen LogP contribution in [0.5, 0.6) is 0 Å². The number of hydrogen-bond acceptors (Lipinski definition) is 2. The summed E-state index contributed by atoms with van der Waals surface area (Å²) in [7, 11) is 0. The number of allylic oxidation sites excluding steroid dienone is 1. The van der Waals surface area contributed by atoms with Crippen molar-refractivity contribution < 1.29 is 4.79 Å². The normalized spacial score (nSPS) is 10.4. The zero-order chi connectivity index (χ0) is 15.5. The monoisotopic (exact) mass is 288 g/mol. The SMILES string of the molecule is C=C(C)C(=O)n1nc(-c2ccccc2)cc1-c1ccccc1. The Morgan fingerprint density at radius 1 is 0.955 bits per heavy atom. The quantitative estimate of drug-likeness (QED) is 0.668. The fourth-order valence-corrected chi connectivity index (χ4v) is 2.28. The molecule has 0 radical (unpaired) electrons. The van der Waals surface area contributed by atoms with Gasteiger partial charge in [-0.1, -0.05) is 67.2 Å². The van der Waals surface area contributed by atoms with E-state index in [-0.39, 0.29) is 5.91 Å². The lowest BCUT2D eigenvalue weighted by molar-refractivity contribution is 0.0943. The molecule has 0 saturated heterocycles. The number of benzene rings is 2. The third-order valence-electron chi connectivity index (χ3n) is 3.41. The molecule has 3 rings (SSSR count). The Labute approximate surface area is 129 Å². The summed E-state index contributed by atoms with van der Waals surface area (Å²) >= 11 is 0. The molecule has 0 aliphatic heterocycles. The van der Waals surface area contributed by atoms with Gasteiger partial charge in [0.25, 0.3) is 5.91 Å². The van der Waals surface area contributed by atoms with E-state index in [1.54, 1.807) is 6.92 Å². The molecule has 0 aliphatic carbocycles. The summed E-state index contributed by atoms with van der Waals surface area (Å²) in [6.45, 7) is 5.43. The Morgan fingerprint density at radius 3 is 2.05 bits per heavy atom. The fraction of sp³-hybridized carbons (Fsp3) is 0.0526. The highest BCUT2D eigenvalue weighted by atomic mass is 16.2. The highest BCUT2D eigenvalue weighted by Crippen LogP contribution is 2.26. The summed E-state index contributed by atoms with van der Waals surface area (Å²) in [6, 6.07) is 21.5. The van der Waals surface area contributed by atoms with E-state index in [4.69, 9.17) is 0 Å². The molecule has 3 nitrogen and oxygen atoms in total. The van der Waals surface area contributed by atoms with Gasteiger partial charge >= 0.3 is 0 Å². The van der Waals surface area contributed by atoms with Gasteiger partial charge in [0.1, 0.15) is 0 Å². The van der Waals surface area contributed by atoms with Crippen molar-refractivity contribution >= 4 is 5.91 Å². The number of rotatable bonds is 3. The first-order valence-corrected chi connectivity index (χ1v) is 7.08. The van der Waals surface area contributed by atoms with Crippen molar-refractivity contribution in [3.63, 3.8) is 0 Å². The molecule has 3 heteroatoms. The first-order valence-electron chi connectivity index (χ1n) is 7.08. The maximum Gasteiger partial charge on any atom is 0.273 e. The largest absolute Gasteiger partial charge is 0.273 e. The van der Waals surface area contributed by atoms with E-state index in [0.717, 1.165) is 22.5 Å². The number of aromatic nitrogens is 2. The summed E-state index contributed by atoms with van der Waals surface area (Å²) in [5.74, 6) is -0.193. The van der Waals surface area contributed by atoms with Crippen LogP contribution in [0.4, 0.5) is 0 Å². The van der Waals surface area contributed by atoms with Crippen LogP contribution in [0.3, 0.4) is 0 Å². The van der Waals surface area contributed by atoms with Crippen molar-refractivity contribution in [2.24, 2.45) is 0 Å². The summed E-state index contributed by atoms with van der Waals surface area (Å²) in [5, 5.41) is 4.48. The van der Waals surface area contributed by atoms with Gasteiger partial charge in [-0.05, 0) is 13.0 Å². The van der Waals surface area contributed by atoms with Crippen LogP contribution in [-0.2, 0) is 0 Å². The van der Waals surface area contributed by atoms with Gasteiger partial charge in [-0.15, -0.1) is 0 Å². The minimum absolute atomic E-state index is 0.193. The highest BCUT2D eigenvalue weighted by molar-refractivity contribution is 5.96. The number of carbonyl (C=O) groups excluding carboxylic acids is 1. The second kappa shape index (κ2) is 5.82. The molecule has 1 heterocycles. The predicted molar refractivity (Wildman–Crippen MR) is 88.5 cm³/mol. The Kier molecular flexibility index (Phi) is 3.71. The number of hydrogen-bond donors (Lipinski definition) is 0. The van der Waals surface area contributed by atoms with Crippen LogP contribution < -0.4 is 0 Å². The summed E-state index contributed by atoms with van der Waals surface area (Å²) in [6.07, 6.45) is 0. The van der Waals surface area contributed by atoms with Crippen LogP contribution in [0, 0.1) is 0 Å². The van der Waals surface area contributed by atoms with Crippen LogP contribution >= 0.6 is 0 Å². The first kappa shape index (κ1) is 14.0. The van der Waals surface area contributed by atoms with Gasteiger partial charge < -0.3 is 0 Å². The van der Waals surface area contributed by atoms with Crippen LogP contribution in [0.1, 0.15) is 11.7 Å². The Balaban J connectivity index is 2.17. The van der Waals surface area contributed by atoms with Gasteiger partial charge in [0.05, 0.1) is 11.4 Å². The molecule has 3 aromatic rings. The number of carbonyl (C=O) groups is 1. The molecule has 0 aliphatic rings. The average Bonchev–Trinajstić information content (AvgIpc) is 3.01. The highest BCUT2D eigenvalue weighted by Gasteiger charge is 2.16. The second-order valence-electron chi connectivity index (χ2n) is 5.14. The van der Waals surface area contributed by atoms with Crippen LogP contribution in [0.15, 0.2) is 78.9 Å². The molecule has 0 unspecified atom stereocenters. The Morgan fingerprint density at radius 2 is 1.50 bits per heavy atom. The zero-order valence-corrected chi connectivity index (χ0v) is 12.4. The maximum absolute atomic E-state index is 12.4. The lowest BCUT2D eigenvalue weighted by atomic mass is 10.1. The van der Waals surface area contributed by atoms with Crippen LogP contribution in [0.25, 0.3) is 22.5 Å². The molecule has 0 bridgehead atoms. The van der Waals surface area contributed by atoms with E-state index >= 15 is 0 Å². The molecule has 0 atom stereocenters. The zero-order valence-electron chi connectivity index (χ0n) is 12.4. The van der Waals surface area contributed by atoms with Crippen molar-refractivity contribution in [3.05, 3.63) is 78.9 Å². The molecule has 22 heavy (non-hydrogen) atoms. The lowest BCUT2D eigenvalue weighted by Crippen LogP contribution is -2.14. The molecular formula is C19H16N2O. The van der Waals surface area contributed by atoms with Crippen molar-refractivity contribution in [1.82, 2.24) is 9.78 Å². The fourth-order valence-electron chi connectivity index (χ4n) is 2.28. The van der Waals surface area contributed by atoms with E-state index in [1.165, 1.54) is 4.68 Å². The Bertz CT molecular complexity index is 817. The molecule has 0 spiro atoms. The van der Waals surface area contributed by atoms with Gasteiger partial charge in [0.15, 0.2) is 0 Å². The molecule has 108 valence electrons. The topological polar surface area (TPSA) is 34.9 Å². The van der Waals surface area contributed by atoms with Gasteiger partial charge in [-0.2, -0.15) is 9.78 Å². The first-order chi connectivity index (χ1) is 10.7. The maximum atomic E-state index is 12.4. The van der Waals surface area contributed by atoms with E-state index in [1.807, 2.05) is 66.7 Å². The third-order valence-corrected chi connectivity index (χ3v) is 3.41. The van der Waals surface area contributed by atoms with Gasteiger partial charge in [-0.3, -0.25) is 4.79 Å². The van der Waals surface area contributed by atoms with Crippen molar-refractivity contribution in [2.75, 3.05) is 0 Å². The Hall–Kier alpha value is -2.94. The molecule has 0 saturated carbocycles. The molecule has 0 amide bonds. The summed E-state index contributed by atoms with van der Waals surface area (Å²) in [5.41, 5.74) is 3.93. The average molecular weight is 288 g/mol. The predicted octanol–water partition coefficient (Wildman–Crippen LogP) is 4.43. The van der Waals surface area contributed by atoms with E-state index in [9.17, 15) is 4.79 Å². The third kappa shape index (κ3) is 2.61. The smallest absolute Gasteiger partial charge is 0.267 e. The van der Waals surface area contributed by atoms with E-state index in [0.29, 0.717) is 5.57 Å². The van der Waals surface area contributed by atoms with E-state index in [2.05, 4.69) is 11.7 Å². The summed E-state index contributed by atoms with van der Waals surface area (Å²) < 4.78 is 1.43. The molecule has 0 N–H and O–H groups in total. The minimum Gasteiger partial charge on any atom is -0.267 e. The molecule has 1 aromatic heterocycles. The molecule has 0 fully saturated rings. The lowest BCUT2D eigenvalue weighted by Gasteiger charge is -2.05. The van der Waals surface area contributed by atoms with Crippen LogP contribution in [-0.4, -0.2) is 15.7 Å². The van der Waals surface area contributed by atoms with Gasteiger partial charge in [0, 0.05) is 16.7 Å². The number of nitrogens with zero attached hydrogens (tertiary/aromatic N) is 2. The van der Waals surface area contributed by atoms with E-state index < -0.39 is 0 Å². The standard InChI is InChI=1S/C19H16N2O/c1-14(2)19(22)21-18(16-11-7-4-8-12-16)13-17(20-21)15-9-5-3-6-10-15/h3-13H,1H2,2H3.